The molecule has 4 rings (SSSR count). The van der Waals surface area contributed by atoms with E-state index < -0.39 is 0 Å². The highest BCUT2D eigenvalue weighted by Gasteiger charge is 2.11. The first-order valence-corrected chi connectivity index (χ1v) is 9.02. The Morgan fingerprint density at radius 3 is 2.64 bits per heavy atom. The largest absolute Gasteiger partial charge is 0.496 e. The number of amides is 1. The fourth-order valence-corrected chi connectivity index (χ4v) is 3.18. The standard InChI is InChI=1S/C22H20N4O2/c1-28-21-12-11-18(14-17(21)13-16-7-3-2-4-8-16)23-22(27)15-26-20-10-6-5-9-19(20)24-25-26/h2-12,14H,13,15H2,1H3,(H,23,27). The quantitative estimate of drug-likeness (QED) is 0.561. The number of hydrogen-bond donors (Lipinski definition) is 1. The SMILES string of the molecule is COc1ccc(NC(=O)Cn2nnc3ccccc32)cc1Cc1ccccc1. The summed E-state index contributed by atoms with van der Waals surface area (Å²) < 4.78 is 7.07. The van der Waals surface area contributed by atoms with Crippen LogP contribution in [-0.2, 0) is 17.8 Å². The van der Waals surface area contributed by atoms with E-state index in [0.29, 0.717) is 0 Å². The molecule has 0 aliphatic carbocycles. The number of nitrogens with one attached hydrogen (secondary N) is 1. The Kier molecular flexibility index (Phi) is 5.01. The highest BCUT2D eigenvalue weighted by Crippen LogP contribution is 2.25. The molecule has 0 aliphatic rings. The molecular formula is C22H20N4O2. The number of methoxy groups -OCH3 is 1. The van der Waals surface area contributed by atoms with E-state index in [2.05, 4.69) is 27.8 Å². The average molecular weight is 372 g/mol. The molecule has 0 aliphatic heterocycles. The van der Waals surface area contributed by atoms with Gasteiger partial charge in [-0.1, -0.05) is 47.7 Å². The Morgan fingerprint density at radius 1 is 1.04 bits per heavy atom. The minimum Gasteiger partial charge on any atom is -0.496 e. The summed E-state index contributed by atoms with van der Waals surface area (Å²) in [5.41, 5.74) is 4.51. The molecule has 1 N–H and O–H groups in total. The lowest BCUT2D eigenvalue weighted by atomic mass is 10.0. The molecule has 0 atom stereocenters. The molecule has 0 spiro atoms. The third-order valence-corrected chi connectivity index (χ3v) is 4.52. The first kappa shape index (κ1) is 17.7. The van der Waals surface area contributed by atoms with Gasteiger partial charge in [0.1, 0.15) is 17.8 Å². The maximum atomic E-state index is 12.5. The molecule has 1 heterocycles. The van der Waals surface area contributed by atoms with Gasteiger partial charge in [-0.15, -0.1) is 5.10 Å². The topological polar surface area (TPSA) is 69.0 Å². The Bertz CT molecular complexity index is 1110. The first-order chi connectivity index (χ1) is 13.7. The van der Waals surface area contributed by atoms with Crippen LogP contribution >= 0.6 is 0 Å². The van der Waals surface area contributed by atoms with Crippen LogP contribution in [0.15, 0.2) is 72.8 Å². The Morgan fingerprint density at radius 2 is 1.82 bits per heavy atom. The number of nitrogens with zero attached hydrogens (tertiary/aromatic N) is 3. The zero-order valence-corrected chi connectivity index (χ0v) is 15.5. The monoisotopic (exact) mass is 372 g/mol. The Hall–Kier alpha value is -3.67. The second-order valence-electron chi connectivity index (χ2n) is 6.47. The smallest absolute Gasteiger partial charge is 0.246 e. The van der Waals surface area contributed by atoms with E-state index in [4.69, 9.17) is 4.74 Å². The number of aromatic nitrogens is 3. The molecule has 6 nitrogen and oxygen atoms in total. The van der Waals surface area contributed by atoms with Gasteiger partial charge >= 0.3 is 0 Å². The van der Waals surface area contributed by atoms with Crippen molar-refractivity contribution in [1.82, 2.24) is 15.0 Å². The van der Waals surface area contributed by atoms with E-state index in [1.54, 1.807) is 11.8 Å². The molecule has 0 radical (unpaired) electrons. The van der Waals surface area contributed by atoms with Gasteiger partial charge in [-0.2, -0.15) is 0 Å². The van der Waals surface area contributed by atoms with Crippen molar-refractivity contribution >= 4 is 22.6 Å². The predicted octanol–water partition coefficient (Wildman–Crippen LogP) is 3.67. The van der Waals surface area contributed by atoms with Crippen molar-refractivity contribution in [2.45, 2.75) is 13.0 Å². The summed E-state index contributed by atoms with van der Waals surface area (Å²) in [5, 5.41) is 11.1. The van der Waals surface area contributed by atoms with Gasteiger partial charge in [0, 0.05) is 17.7 Å². The third kappa shape index (κ3) is 3.86. The van der Waals surface area contributed by atoms with E-state index in [0.717, 1.165) is 34.5 Å². The van der Waals surface area contributed by atoms with Crippen LogP contribution in [-0.4, -0.2) is 28.0 Å². The molecule has 0 fully saturated rings. The van der Waals surface area contributed by atoms with Gasteiger partial charge in [-0.05, 0) is 35.9 Å². The molecule has 6 heteroatoms. The number of fused-ring (bicyclic) bond motifs is 1. The van der Waals surface area contributed by atoms with Gasteiger partial charge in [0.2, 0.25) is 5.91 Å². The lowest BCUT2D eigenvalue weighted by molar-refractivity contribution is -0.116. The fourth-order valence-electron chi connectivity index (χ4n) is 3.18. The molecule has 28 heavy (non-hydrogen) atoms. The minimum absolute atomic E-state index is 0.0978. The summed E-state index contributed by atoms with van der Waals surface area (Å²) in [5.74, 6) is 0.635. The van der Waals surface area contributed by atoms with Crippen molar-refractivity contribution in [1.29, 1.82) is 0 Å². The number of ether oxygens (including phenoxy) is 1. The summed E-state index contributed by atoms with van der Waals surface area (Å²) in [6.07, 6.45) is 0.724. The van der Waals surface area contributed by atoms with Crippen LogP contribution in [0, 0.1) is 0 Å². The van der Waals surface area contributed by atoms with Gasteiger partial charge in [0.05, 0.1) is 12.6 Å². The van der Waals surface area contributed by atoms with Crippen LogP contribution < -0.4 is 10.1 Å². The summed E-state index contributed by atoms with van der Waals surface area (Å²) in [7, 11) is 1.65. The highest BCUT2D eigenvalue weighted by atomic mass is 16.5. The number of para-hydroxylation sites is 1. The fraction of sp³-hybridized carbons (Fsp3) is 0.136. The van der Waals surface area contributed by atoms with Crippen molar-refractivity contribution in [3.63, 3.8) is 0 Å². The molecule has 0 saturated heterocycles. The van der Waals surface area contributed by atoms with Gasteiger partial charge in [0.15, 0.2) is 0 Å². The molecule has 140 valence electrons. The summed E-state index contributed by atoms with van der Waals surface area (Å²) in [6.45, 7) is 0.0978. The number of anilines is 1. The van der Waals surface area contributed by atoms with Crippen LogP contribution in [0.3, 0.4) is 0 Å². The maximum Gasteiger partial charge on any atom is 0.246 e. The highest BCUT2D eigenvalue weighted by molar-refractivity contribution is 5.91. The molecule has 0 unspecified atom stereocenters. The average Bonchev–Trinajstić information content (AvgIpc) is 3.12. The van der Waals surface area contributed by atoms with Crippen LogP contribution in [0.1, 0.15) is 11.1 Å². The maximum absolute atomic E-state index is 12.5. The molecule has 1 amide bonds. The van der Waals surface area contributed by atoms with Crippen LogP contribution in [0.4, 0.5) is 5.69 Å². The minimum atomic E-state index is -0.161. The molecular weight excluding hydrogens is 352 g/mol. The van der Waals surface area contributed by atoms with Crippen LogP contribution in [0.5, 0.6) is 5.75 Å². The van der Waals surface area contributed by atoms with Gasteiger partial charge in [0.25, 0.3) is 0 Å². The van der Waals surface area contributed by atoms with Crippen molar-refractivity contribution in [2.24, 2.45) is 0 Å². The molecule has 3 aromatic carbocycles. The number of carbonyl (C=O) groups is 1. The summed E-state index contributed by atoms with van der Waals surface area (Å²) in [4.78, 5) is 12.5. The zero-order valence-electron chi connectivity index (χ0n) is 15.5. The Balaban J connectivity index is 1.51. The van der Waals surface area contributed by atoms with E-state index in [1.807, 2.05) is 60.7 Å². The van der Waals surface area contributed by atoms with Gasteiger partial charge < -0.3 is 10.1 Å². The van der Waals surface area contributed by atoms with E-state index in [1.165, 1.54) is 5.56 Å². The molecule has 0 saturated carbocycles. The summed E-state index contributed by atoms with van der Waals surface area (Å²) >= 11 is 0. The molecule has 1 aromatic heterocycles. The Labute approximate surface area is 162 Å². The molecule has 0 bridgehead atoms. The zero-order chi connectivity index (χ0) is 19.3. The lowest BCUT2D eigenvalue weighted by Crippen LogP contribution is -2.19. The van der Waals surface area contributed by atoms with Gasteiger partial charge in [-0.3, -0.25) is 4.79 Å². The number of carbonyl (C=O) groups excluding carboxylic acids is 1. The van der Waals surface area contributed by atoms with Gasteiger partial charge in [-0.25, -0.2) is 4.68 Å². The third-order valence-electron chi connectivity index (χ3n) is 4.52. The number of hydrogen-bond acceptors (Lipinski definition) is 4. The van der Waals surface area contributed by atoms with Crippen LogP contribution in [0.2, 0.25) is 0 Å². The van der Waals surface area contributed by atoms with Crippen LogP contribution in [0.25, 0.3) is 11.0 Å². The number of benzene rings is 3. The van der Waals surface area contributed by atoms with Crippen molar-refractivity contribution in [3.8, 4) is 5.75 Å². The van der Waals surface area contributed by atoms with E-state index in [9.17, 15) is 4.79 Å². The van der Waals surface area contributed by atoms with E-state index >= 15 is 0 Å². The number of rotatable bonds is 6. The van der Waals surface area contributed by atoms with Crippen molar-refractivity contribution < 1.29 is 9.53 Å². The van der Waals surface area contributed by atoms with E-state index in [-0.39, 0.29) is 12.5 Å². The normalized spacial score (nSPS) is 10.8. The first-order valence-electron chi connectivity index (χ1n) is 9.02. The van der Waals surface area contributed by atoms with Crippen molar-refractivity contribution in [3.05, 3.63) is 83.9 Å². The molecule has 4 aromatic rings. The lowest BCUT2D eigenvalue weighted by Gasteiger charge is -2.12. The second-order valence-corrected chi connectivity index (χ2v) is 6.47. The van der Waals surface area contributed by atoms with Crippen molar-refractivity contribution in [2.75, 3.05) is 12.4 Å². The second kappa shape index (κ2) is 7.92. The predicted molar refractivity (Wildman–Crippen MR) is 108 cm³/mol. The summed E-state index contributed by atoms with van der Waals surface area (Å²) in [6, 6.07) is 23.4.